The molecule has 0 saturated carbocycles. The van der Waals surface area contributed by atoms with Crippen LogP contribution in [0.3, 0.4) is 0 Å². The number of rotatable bonds is 4. The lowest BCUT2D eigenvalue weighted by Crippen LogP contribution is -2.49. The molecule has 1 aliphatic heterocycles. The number of benzene rings is 1. The second-order valence-electron chi connectivity index (χ2n) is 5.87. The predicted molar refractivity (Wildman–Crippen MR) is 93.8 cm³/mol. The third kappa shape index (κ3) is 3.47. The molecule has 0 unspecified atom stereocenters. The molecule has 0 bridgehead atoms. The Hall–Kier alpha value is -2.65. The van der Waals surface area contributed by atoms with Gasteiger partial charge in [0.2, 0.25) is 5.91 Å². The van der Waals surface area contributed by atoms with Crippen molar-refractivity contribution in [2.24, 2.45) is 0 Å². The number of piperazine rings is 1. The summed E-state index contributed by atoms with van der Waals surface area (Å²) in [7, 11) is 0. The number of nitriles is 1. The largest absolute Gasteiger partial charge is 0.368 e. The van der Waals surface area contributed by atoms with Gasteiger partial charge in [0.15, 0.2) is 0 Å². The van der Waals surface area contributed by atoms with Crippen LogP contribution in [0.4, 0.5) is 5.69 Å². The number of likely N-dealkylation sites (N-methyl/N-ethyl adjacent to an activating group) is 1. The van der Waals surface area contributed by atoms with Crippen LogP contribution in [0.5, 0.6) is 0 Å². The molecule has 3 rings (SSSR count). The van der Waals surface area contributed by atoms with E-state index in [1.165, 1.54) is 0 Å². The molecule has 0 atom stereocenters. The van der Waals surface area contributed by atoms with Gasteiger partial charge in [-0.15, -0.1) is 0 Å². The van der Waals surface area contributed by atoms with Crippen molar-refractivity contribution in [3.05, 3.63) is 36.0 Å². The summed E-state index contributed by atoms with van der Waals surface area (Å²) in [6.45, 7) is 6.36. The highest BCUT2D eigenvalue weighted by atomic mass is 16.2. The minimum atomic E-state index is 0.0760. The number of hydrogen-bond acceptors (Lipinski definition) is 5. The van der Waals surface area contributed by atoms with Gasteiger partial charge in [0.25, 0.3) is 0 Å². The molecular weight excluding hydrogens is 302 g/mol. The lowest BCUT2D eigenvalue weighted by molar-refractivity contribution is -0.122. The molecule has 0 spiro atoms. The quantitative estimate of drug-likeness (QED) is 0.920. The zero-order valence-corrected chi connectivity index (χ0v) is 13.8. The number of para-hydroxylation sites is 1. The SMILES string of the molecule is CCNC(=O)CN1CCN(c2cc(C#N)nc3ccccc23)CC1. The van der Waals surface area contributed by atoms with Gasteiger partial charge < -0.3 is 10.2 Å². The van der Waals surface area contributed by atoms with Crippen LogP contribution in [0.2, 0.25) is 0 Å². The van der Waals surface area contributed by atoms with Gasteiger partial charge in [-0.25, -0.2) is 4.98 Å². The number of aromatic nitrogens is 1. The Morgan fingerprint density at radius 1 is 1.29 bits per heavy atom. The second-order valence-corrected chi connectivity index (χ2v) is 5.87. The summed E-state index contributed by atoms with van der Waals surface area (Å²) in [4.78, 5) is 20.5. The Morgan fingerprint density at radius 3 is 2.75 bits per heavy atom. The lowest BCUT2D eigenvalue weighted by Gasteiger charge is -2.36. The summed E-state index contributed by atoms with van der Waals surface area (Å²) in [5.74, 6) is 0.0760. The van der Waals surface area contributed by atoms with Crippen LogP contribution in [-0.4, -0.2) is 55.1 Å². The van der Waals surface area contributed by atoms with Crippen molar-refractivity contribution in [3.63, 3.8) is 0 Å². The first kappa shape index (κ1) is 16.2. The van der Waals surface area contributed by atoms with Crippen LogP contribution in [-0.2, 0) is 4.79 Å². The number of nitrogens with zero attached hydrogens (tertiary/aromatic N) is 4. The number of hydrogen-bond donors (Lipinski definition) is 1. The maximum Gasteiger partial charge on any atom is 0.234 e. The summed E-state index contributed by atoms with van der Waals surface area (Å²) < 4.78 is 0. The van der Waals surface area contributed by atoms with E-state index in [1.54, 1.807) is 0 Å². The van der Waals surface area contributed by atoms with Gasteiger partial charge in [0.05, 0.1) is 12.1 Å². The molecule has 0 aliphatic carbocycles. The number of amides is 1. The fourth-order valence-corrected chi connectivity index (χ4v) is 3.08. The third-order valence-electron chi connectivity index (χ3n) is 4.26. The minimum Gasteiger partial charge on any atom is -0.368 e. The highest BCUT2D eigenvalue weighted by Crippen LogP contribution is 2.27. The van der Waals surface area contributed by atoms with E-state index in [0.29, 0.717) is 18.8 Å². The fraction of sp³-hybridized carbons (Fsp3) is 0.389. The zero-order valence-electron chi connectivity index (χ0n) is 13.8. The fourth-order valence-electron chi connectivity index (χ4n) is 3.08. The molecule has 124 valence electrons. The van der Waals surface area contributed by atoms with Crippen molar-refractivity contribution in [3.8, 4) is 6.07 Å². The lowest BCUT2D eigenvalue weighted by atomic mass is 10.1. The first-order valence-electron chi connectivity index (χ1n) is 8.25. The standard InChI is InChI=1S/C18H21N5O/c1-2-20-18(24)13-22-7-9-23(10-8-22)17-11-14(12-19)21-16-6-4-3-5-15(16)17/h3-6,11H,2,7-10,13H2,1H3,(H,20,24). The molecule has 1 saturated heterocycles. The molecule has 1 aliphatic rings. The van der Waals surface area contributed by atoms with E-state index in [1.807, 2.05) is 37.3 Å². The molecule has 1 N–H and O–H groups in total. The summed E-state index contributed by atoms with van der Waals surface area (Å²) in [6.07, 6.45) is 0. The van der Waals surface area contributed by atoms with Gasteiger partial charge in [0.1, 0.15) is 11.8 Å². The van der Waals surface area contributed by atoms with Crippen molar-refractivity contribution in [2.75, 3.05) is 44.2 Å². The zero-order chi connectivity index (χ0) is 16.9. The van der Waals surface area contributed by atoms with Crippen LogP contribution in [0.1, 0.15) is 12.6 Å². The average Bonchev–Trinajstić information content (AvgIpc) is 2.61. The van der Waals surface area contributed by atoms with E-state index in [0.717, 1.165) is 42.8 Å². The molecular formula is C18H21N5O. The van der Waals surface area contributed by atoms with Gasteiger partial charge >= 0.3 is 0 Å². The Labute approximate surface area is 141 Å². The topological polar surface area (TPSA) is 72.3 Å². The predicted octanol–water partition coefficient (Wildman–Crippen LogP) is 1.36. The number of carbonyl (C=O) groups excluding carboxylic acids is 1. The van der Waals surface area contributed by atoms with Crippen LogP contribution < -0.4 is 10.2 Å². The Balaban J connectivity index is 1.76. The van der Waals surface area contributed by atoms with E-state index in [9.17, 15) is 10.1 Å². The molecule has 6 heteroatoms. The first-order valence-corrected chi connectivity index (χ1v) is 8.25. The van der Waals surface area contributed by atoms with Gasteiger partial charge in [0, 0.05) is 43.8 Å². The summed E-state index contributed by atoms with van der Waals surface area (Å²) in [5, 5.41) is 13.1. The summed E-state index contributed by atoms with van der Waals surface area (Å²) >= 11 is 0. The Bertz CT molecular complexity index is 775. The molecule has 24 heavy (non-hydrogen) atoms. The van der Waals surface area contributed by atoms with Crippen molar-refractivity contribution >= 4 is 22.5 Å². The number of anilines is 1. The van der Waals surface area contributed by atoms with Gasteiger partial charge in [-0.2, -0.15) is 5.26 Å². The van der Waals surface area contributed by atoms with Crippen molar-refractivity contribution in [1.29, 1.82) is 5.26 Å². The Kier molecular flexibility index (Phi) is 4.92. The molecule has 1 amide bonds. The van der Waals surface area contributed by atoms with Gasteiger partial charge in [-0.3, -0.25) is 9.69 Å². The highest BCUT2D eigenvalue weighted by Gasteiger charge is 2.21. The summed E-state index contributed by atoms with van der Waals surface area (Å²) in [6, 6.07) is 11.9. The van der Waals surface area contributed by atoms with E-state index < -0.39 is 0 Å². The number of nitrogens with one attached hydrogen (secondary N) is 1. The average molecular weight is 323 g/mol. The highest BCUT2D eigenvalue weighted by molar-refractivity contribution is 5.92. The monoisotopic (exact) mass is 323 g/mol. The van der Waals surface area contributed by atoms with Gasteiger partial charge in [-0.1, -0.05) is 18.2 Å². The number of fused-ring (bicyclic) bond motifs is 1. The van der Waals surface area contributed by atoms with Crippen molar-refractivity contribution in [1.82, 2.24) is 15.2 Å². The first-order chi connectivity index (χ1) is 11.7. The van der Waals surface area contributed by atoms with Crippen LogP contribution in [0.15, 0.2) is 30.3 Å². The molecule has 1 fully saturated rings. The van der Waals surface area contributed by atoms with Crippen molar-refractivity contribution < 1.29 is 4.79 Å². The molecule has 2 aromatic rings. The number of pyridine rings is 1. The maximum absolute atomic E-state index is 11.7. The normalized spacial score (nSPS) is 15.2. The van der Waals surface area contributed by atoms with E-state index >= 15 is 0 Å². The van der Waals surface area contributed by atoms with Crippen LogP contribution >= 0.6 is 0 Å². The smallest absolute Gasteiger partial charge is 0.234 e. The molecule has 2 heterocycles. The van der Waals surface area contributed by atoms with Crippen LogP contribution in [0.25, 0.3) is 10.9 Å². The van der Waals surface area contributed by atoms with Crippen molar-refractivity contribution in [2.45, 2.75) is 6.92 Å². The second kappa shape index (κ2) is 7.28. The van der Waals surface area contributed by atoms with Crippen LogP contribution in [0, 0.1) is 11.3 Å². The maximum atomic E-state index is 11.7. The van der Waals surface area contributed by atoms with E-state index in [2.05, 4.69) is 26.2 Å². The molecule has 1 aromatic heterocycles. The third-order valence-corrected chi connectivity index (χ3v) is 4.26. The molecule has 0 radical (unpaired) electrons. The molecule has 1 aromatic carbocycles. The minimum absolute atomic E-state index is 0.0760. The van der Waals surface area contributed by atoms with Gasteiger partial charge in [-0.05, 0) is 19.1 Å². The van der Waals surface area contributed by atoms with E-state index in [4.69, 9.17) is 0 Å². The number of carbonyl (C=O) groups is 1. The van der Waals surface area contributed by atoms with E-state index in [-0.39, 0.29) is 5.91 Å². The Morgan fingerprint density at radius 2 is 2.04 bits per heavy atom. The molecule has 6 nitrogen and oxygen atoms in total. The summed E-state index contributed by atoms with van der Waals surface area (Å²) in [5.41, 5.74) is 2.33.